The average Bonchev–Trinajstić information content (AvgIpc) is 0. The van der Waals surface area contributed by atoms with Gasteiger partial charge in [0, 0.05) is 0 Å². The second-order valence-electron chi connectivity index (χ2n) is 0. The Balaban J connectivity index is 0. The Hall–Kier alpha value is 2.63. The van der Waals surface area contributed by atoms with Crippen molar-refractivity contribution in [2.45, 2.75) is 0 Å². The molecule has 5 heteroatoms. The molecule has 0 aliphatic carbocycles. The van der Waals surface area contributed by atoms with Gasteiger partial charge in [-0.2, -0.15) is 0 Å². The van der Waals surface area contributed by atoms with Crippen molar-refractivity contribution >= 4 is 87.3 Å². The molecule has 0 nitrogen and oxygen atoms in total. The van der Waals surface area contributed by atoms with E-state index in [1.54, 1.807) is 0 Å². The Morgan fingerprint density at radius 2 is 1.00 bits per heavy atom. The third kappa shape index (κ3) is 20.6. The molecule has 1 atom stereocenters. The Morgan fingerprint density at radius 3 is 1.00 bits per heavy atom. The fourth-order valence-electron chi connectivity index (χ4n) is 0. The third-order valence-corrected chi connectivity index (χ3v) is 0. The van der Waals surface area contributed by atoms with Crippen LogP contribution in [-0.2, 0) is 0 Å². The molecular formula is H15AsGeSeSiTe. The molecule has 0 aliphatic rings. The van der Waals surface area contributed by atoms with Gasteiger partial charge in [-0.1, -0.05) is 0 Å². The number of rotatable bonds is 0. The summed E-state index contributed by atoms with van der Waals surface area (Å²) >= 11 is 0. The van der Waals surface area contributed by atoms with E-state index in [0.29, 0.717) is 0 Å². The van der Waals surface area contributed by atoms with Crippen molar-refractivity contribution in [3.63, 3.8) is 0 Å². The summed E-state index contributed by atoms with van der Waals surface area (Å²) in [5, 5.41) is 0. The van der Waals surface area contributed by atoms with Gasteiger partial charge in [0.2, 0.25) is 0 Å². The normalized spacial score (nSPS) is 0. The zero-order chi connectivity index (χ0) is 0. The van der Waals surface area contributed by atoms with Crippen LogP contribution in [0.15, 0.2) is 0 Å². The summed E-state index contributed by atoms with van der Waals surface area (Å²) in [4.78, 5) is 0. The van der Waals surface area contributed by atoms with Gasteiger partial charge < -0.3 is 0 Å². The van der Waals surface area contributed by atoms with E-state index in [4.69, 9.17) is 0 Å². The van der Waals surface area contributed by atoms with Gasteiger partial charge in [0.05, 0.1) is 0 Å². The molecule has 0 aromatic rings. The first kappa shape index (κ1) is 48.5. The first-order valence-corrected chi connectivity index (χ1v) is 0. The van der Waals surface area contributed by atoms with E-state index in [2.05, 4.69) is 0 Å². The maximum atomic E-state index is 0. The van der Waals surface area contributed by atoms with Crippen molar-refractivity contribution < 1.29 is 0 Å². The summed E-state index contributed by atoms with van der Waals surface area (Å²) in [6.45, 7) is 0. The van der Waals surface area contributed by atoms with Crippen molar-refractivity contribution in [1.29, 1.82) is 0 Å². The van der Waals surface area contributed by atoms with E-state index in [1.165, 1.54) is 0 Å². The number of hydrogen-bond acceptors (Lipinski definition) is 0. The monoisotopic (exact) mass is 402 g/mol. The van der Waals surface area contributed by atoms with Crippen molar-refractivity contribution in [3.05, 3.63) is 0 Å². The first-order valence-electron chi connectivity index (χ1n) is 0. The van der Waals surface area contributed by atoms with Crippen LogP contribution in [0.25, 0.3) is 0 Å². The van der Waals surface area contributed by atoms with Crippen LogP contribution in [0.1, 0.15) is 0 Å². The Bertz CT molecular complexity index is 11.6. The quantitative estimate of drug-likeness (QED) is 0.358. The molecule has 0 heterocycles. The summed E-state index contributed by atoms with van der Waals surface area (Å²) in [7, 11) is 0. The van der Waals surface area contributed by atoms with Crippen LogP contribution in [0.3, 0.4) is 0 Å². The summed E-state index contributed by atoms with van der Waals surface area (Å²) in [6, 6.07) is 0. The molecule has 5 heavy (non-hydrogen) atoms. The van der Waals surface area contributed by atoms with Gasteiger partial charge in [0.15, 0.2) is 0 Å². The molecule has 0 rings (SSSR count). The van der Waals surface area contributed by atoms with Crippen molar-refractivity contribution in [1.82, 2.24) is 0 Å². The van der Waals surface area contributed by atoms with Gasteiger partial charge in [-0.05, 0) is 11.0 Å². The molecule has 0 N–H and O–H groups in total. The van der Waals surface area contributed by atoms with Gasteiger partial charge in [0.1, 0.15) is 0 Å². The van der Waals surface area contributed by atoms with Gasteiger partial charge in [-0.25, -0.2) is 0 Å². The summed E-state index contributed by atoms with van der Waals surface area (Å²) in [5.74, 6) is 0. The molecule has 0 spiro atoms. The molecule has 0 aromatic heterocycles. The van der Waals surface area contributed by atoms with Crippen molar-refractivity contribution in [2.75, 3.05) is 0 Å². The number of hydrogen-bond donors (Lipinski definition) is 0. The standard InChI is InChI=1S/AsH3.GeH4.H2Se.H4Si.H2Te/h1H3;1H4;1H2;1H4;1H2. The molecule has 40 valence electrons. The molecular weight excluding hydrogens is 382 g/mol. The molecule has 0 bridgehead atoms. The fourth-order valence-corrected chi connectivity index (χ4v) is 0. The summed E-state index contributed by atoms with van der Waals surface area (Å²) in [6.07, 6.45) is 0. The second kappa shape index (κ2) is 30.4. The Labute approximate surface area is 86.1 Å². The maximum absolute atomic E-state index is 0. The van der Waals surface area contributed by atoms with Gasteiger partial charge in [-0.3, -0.25) is 0 Å². The molecule has 0 aliphatic heterocycles. The van der Waals surface area contributed by atoms with Crippen molar-refractivity contribution in [2.24, 2.45) is 0 Å². The topological polar surface area (TPSA) is 0 Å². The fraction of sp³-hybridized carbons (Fsp3) is 0. The molecule has 0 fully saturated rings. The zero-order valence-electron chi connectivity index (χ0n) is 1.71. The van der Waals surface area contributed by atoms with Gasteiger partial charge >= 0.3 is 76.3 Å². The molecule has 0 amide bonds. The average molecular weight is 397 g/mol. The van der Waals surface area contributed by atoms with Crippen molar-refractivity contribution in [3.8, 4) is 0 Å². The van der Waals surface area contributed by atoms with E-state index in [-0.39, 0.29) is 87.3 Å². The van der Waals surface area contributed by atoms with Gasteiger partial charge in [-0.15, -0.1) is 0 Å². The molecule has 0 saturated carbocycles. The first-order chi connectivity index (χ1) is 0. The van der Waals surface area contributed by atoms with E-state index in [9.17, 15) is 0 Å². The minimum atomic E-state index is 0. The minimum absolute atomic E-state index is 0. The Kier molecular flexibility index (Phi) is 295. The second-order valence-corrected chi connectivity index (χ2v) is 0. The van der Waals surface area contributed by atoms with Crippen LogP contribution in [0, 0.1) is 0 Å². The van der Waals surface area contributed by atoms with E-state index in [0.717, 1.165) is 0 Å². The third-order valence-electron chi connectivity index (χ3n) is 0. The molecule has 0 saturated heterocycles. The molecule has 1 unspecified atom stereocenters. The zero-order valence-corrected chi connectivity index (χ0v) is 9.63. The predicted molar refractivity (Wildman–Crippen MR) is 49.7 cm³/mol. The molecule has 0 aromatic carbocycles. The van der Waals surface area contributed by atoms with Crippen LogP contribution >= 0.6 is 0 Å². The van der Waals surface area contributed by atoms with Crippen LogP contribution < -0.4 is 0 Å². The summed E-state index contributed by atoms with van der Waals surface area (Å²) < 4.78 is 0. The van der Waals surface area contributed by atoms with Crippen LogP contribution in [0.4, 0.5) is 0 Å². The van der Waals surface area contributed by atoms with Crippen LogP contribution in [-0.4, -0.2) is 87.3 Å². The molecule has 0 radical (unpaired) electrons. The van der Waals surface area contributed by atoms with Gasteiger partial charge in [0.25, 0.3) is 0 Å². The van der Waals surface area contributed by atoms with E-state index < -0.39 is 0 Å². The SMILES string of the molecule is [AsH3].[GeH4].[SeH2].[SiH4].[TeH2]. The summed E-state index contributed by atoms with van der Waals surface area (Å²) in [5.41, 5.74) is 0. The van der Waals surface area contributed by atoms with Crippen LogP contribution in [0.5, 0.6) is 0 Å². The van der Waals surface area contributed by atoms with Crippen LogP contribution in [0.2, 0.25) is 0 Å². The Morgan fingerprint density at radius 1 is 1.00 bits per heavy atom. The van der Waals surface area contributed by atoms with E-state index >= 15 is 0 Å². The van der Waals surface area contributed by atoms with E-state index in [1.807, 2.05) is 0 Å². The predicted octanol–water partition coefficient (Wildman–Crippen LogP) is -5.92.